The van der Waals surface area contributed by atoms with Crippen molar-refractivity contribution in [3.05, 3.63) is 45.1 Å². The van der Waals surface area contributed by atoms with Gasteiger partial charge in [0.05, 0.1) is 30.7 Å². The highest BCUT2D eigenvalue weighted by Crippen LogP contribution is 2.27. The molecule has 2 aromatic rings. The lowest BCUT2D eigenvalue weighted by molar-refractivity contribution is -0.133. The molecule has 0 unspecified atom stereocenters. The number of thiophene rings is 1. The van der Waals surface area contributed by atoms with Gasteiger partial charge in [0.15, 0.2) is 18.1 Å². The molecule has 1 amide bonds. The van der Waals surface area contributed by atoms with Gasteiger partial charge in [-0.2, -0.15) is 0 Å². The summed E-state index contributed by atoms with van der Waals surface area (Å²) in [4.78, 5) is 26.6. The molecule has 8 heteroatoms. The van der Waals surface area contributed by atoms with Crippen molar-refractivity contribution in [2.24, 2.45) is 0 Å². The fraction of sp³-hybridized carbons (Fsp3) is 0.294. The van der Waals surface area contributed by atoms with Crippen molar-refractivity contribution in [2.45, 2.75) is 6.54 Å². The van der Waals surface area contributed by atoms with Crippen molar-refractivity contribution in [3.63, 3.8) is 0 Å². The lowest BCUT2D eigenvalue weighted by Crippen LogP contribution is -2.30. The Labute approximate surface area is 154 Å². The maximum atomic E-state index is 12.1. The fourth-order valence-corrected chi connectivity index (χ4v) is 3.18. The Balaban J connectivity index is 1.91. The Morgan fingerprint density at radius 1 is 1.12 bits per heavy atom. The third-order valence-corrected chi connectivity index (χ3v) is 4.61. The van der Waals surface area contributed by atoms with Crippen LogP contribution >= 0.6 is 22.9 Å². The standard InChI is InChI=1S/C17H18ClNO5S/c1-19(9-12-5-7-15(18)25-12)16(20)10-24-17(21)11-4-6-13(22-2)14(8-11)23-3/h4-8H,9-10H2,1-3H3. The fourth-order valence-electron chi connectivity index (χ4n) is 2.04. The van der Waals surface area contributed by atoms with Crippen LogP contribution in [-0.4, -0.2) is 44.7 Å². The molecule has 0 saturated carbocycles. The van der Waals surface area contributed by atoms with Crippen LogP contribution in [0.15, 0.2) is 30.3 Å². The molecule has 0 saturated heterocycles. The number of carbonyl (C=O) groups is 2. The van der Waals surface area contributed by atoms with Crippen LogP contribution in [0.5, 0.6) is 11.5 Å². The van der Waals surface area contributed by atoms with Crippen molar-refractivity contribution in [2.75, 3.05) is 27.9 Å². The Bertz CT molecular complexity index is 761. The van der Waals surface area contributed by atoms with E-state index in [1.54, 1.807) is 25.2 Å². The minimum atomic E-state index is -0.609. The maximum absolute atomic E-state index is 12.1. The average Bonchev–Trinajstić information content (AvgIpc) is 3.03. The van der Waals surface area contributed by atoms with E-state index in [1.165, 1.54) is 36.5 Å². The van der Waals surface area contributed by atoms with Gasteiger partial charge in [0, 0.05) is 11.9 Å². The summed E-state index contributed by atoms with van der Waals surface area (Å²) in [5.74, 6) is -0.000317. The van der Waals surface area contributed by atoms with Gasteiger partial charge in [0.1, 0.15) is 0 Å². The van der Waals surface area contributed by atoms with Crippen molar-refractivity contribution >= 4 is 34.8 Å². The van der Waals surface area contributed by atoms with Gasteiger partial charge in [-0.05, 0) is 30.3 Å². The molecule has 134 valence electrons. The summed E-state index contributed by atoms with van der Waals surface area (Å²) in [6.07, 6.45) is 0. The van der Waals surface area contributed by atoms with Gasteiger partial charge in [0.2, 0.25) is 0 Å². The molecule has 0 aliphatic rings. The third-order valence-electron chi connectivity index (χ3n) is 3.39. The van der Waals surface area contributed by atoms with E-state index in [0.717, 1.165) is 4.88 Å². The molecule has 0 radical (unpaired) electrons. The molecule has 0 atom stereocenters. The summed E-state index contributed by atoms with van der Waals surface area (Å²) in [6, 6.07) is 8.28. The van der Waals surface area contributed by atoms with Gasteiger partial charge >= 0.3 is 5.97 Å². The number of likely N-dealkylation sites (N-methyl/N-ethyl adjacent to an activating group) is 1. The number of benzene rings is 1. The molecule has 0 aliphatic heterocycles. The SMILES string of the molecule is COc1ccc(C(=O)OCC(=O)N(C)Cc2ccc(Cl)s2)cc1OC. The van der Waals surface area contributed by atoms with E-state index < -0.39 is 5.97 Å². The smallest absolute Gasteiger partial charge is 0.338 e. The Morgan fingerprint density at radius 3 is 2.44 bits per heavy atom. The first-order valence-electron chi connectivity index (χ1n) is 7.32. The number of ether oxygens (including phenoxy) is 3. The van der Waals surface area contributed by atoms with Crippen molar-refractivity contribution < 1.29 is 23.8 Å². The molecule has 0 bridgehead atoms. The number of rotatable bonds is 7. The van der Waals surface area contributed by atoms with Crippen LogP contribution in [0.4, 0.5) is 0 Å². The minimum absolute atomic E-state index is 0.276. The molecule has 25 heavy (non-hydrogen) atoms. The van der Waals surface area contributed by atoms with Crippen LogP contribution in [0.1, 0.15) is 15.2 Å². The monoisotopic (exact) mass is 383 g/mol. The quantitative estimate of drug-likeness (QED) is 0.687. The van der Waals surface area contributed by atoms with Crippen LogP contribution in [-0.2, 0) is 16.1 Å². The number of hydrogen-bond acceptors (Lipinski definition) is 6. The predicted octanol–water partition coefficient (Wildman–Crippen LogP) is 3.23. The van der Waals surface area contributed by atoms with E-state index in [4.69, 9.17) is 25.8 Å². The highest BCUT2D eigenvalue weighted by atomic mass is 35.5. The number of esters is 1. The minimum Gasteiger partial charge on any atom is -0.493 e. The summed E-state index contributed by atoms with van der Waals surface area (Å²) >= 11 is 7.27. The first-order valence-corrected chi connectivity index (χ1v) is 8.51. The second-order valence-corrected chi connectivity index (χ2v) is 6.90. The van der Waals surface area contributed by atoms with Crippen LogP contribution < -0.4 is 9.47 Å². The van der Waals surface area contributed by atoms with Crippen LogP contribution in [0, 0.1) is 0 Å². The van der Waals surface area contributed by atoms with Crippen molar-refractivity contribution in [3.8, 4) is 11.5 Å². The van der Waals surface area contributed by atoms with Crippen molar-refractivity contribution in [1.82, 2.24) is 4.90 Å². The number of nitrogens with zero attached hydrogens (tertiary/aromatic N) is 1. The zero-order valence-corrected chi connectivity index (χ0v) is 15.6. The number of methoxy groups -OCH3 is 2. The van der Waals surface area contributed by atoms with E-state index in [9.17, 15) is 9.59 Å². The zero-order valence-electron chi connectivity index (χ0n) is 14.1. The van der Waals surface area contributed by atoms with Gasteiger partial charge < -0.3 is 19.1 Å². The number of hydrogen-bond donors (Lipinski definition) is 0. The highest BCUT2D eigenvalue weighted by molar-refractivity contribution is 7.16. The molecule has 1 heterocycles. The maximum Gasteiger partial charge on any atom is 0.338 e. The molecule has 0 N–H and O–H groups in total. The van der Waals surface area contributed by atoms with E-state index >= 15 is 0 Å². The van der Waals surface area contributed by atoms with Crippen LogP contribution in [0.2, 0.25) is 4.34 Å². The lowest BCUT2D eigenvalue weighted by atomic mass is 10.2. The van der Waals surface area contributed by atoms with Crippen molar-refractivity contribution in [1.29, 1.82) is 0 Å². The normalized spacial score (nSPS) is 10.2. The molecule has 1 aromatic carbocycles. The van der Waals surface area contributed by atoms with E-state index in [-0.39, 0.29) is 18.1 Å². The van der Waals surface area contributed by atoms with E-state index in [2.05, 4.69) is 0 Å². The molecule has 2 rings (SSSR count). The topological polar surface area (TPSA) is 65.1 Å². The molecular weight excluding hydrogens is 366 g/mol. The summed E-state index contributed by atoms with van der Waals surface area (Å²) in [5, 5.41) is 0. The first kappa shape index (κ1) is 19.1. The summed E-state index contributed by atoms with van der Waals surface area (Å²) in [6.45, 7) is 0.0624. The number of carbonyl (C=O) groups excluding carboxylic acids is 2. The molecule has 0 aliphatic carbocycles. The second kappa shape index (κ2) is 8.73. The van der Waals surface area contributed by atoms with Gasteiger partial charge in [-0.25, -0.2) is 4.79 Å². The molecule has 1 aromatic heterocycles. The molecule has 0 fully saturated rings. The predicted molar refractivity (Wildman–Crippen MR) is 95.6 cm³/mol. The summed E-state index contributed by atoms with van der Waals surface area (Å²) < 4.78 is 16.0. The Morgan fingerprint density at radius 2 is 1.84 bits per heavy atom. The van der Waals surface area contributed by atoms with Gasteiger partial charge in [-0.3, -0.25) is 4.79 Å². The van der Waals surface area contributed by atoms with Gasteiger partial charge in [-0.15, -0.1) is 11.3 Å². The third kappa shape index (κ3) is 5.11. The van der Waals surface area contributed by atoms with Gasteiger partial charge in [-0.1, -0.05) is 11.6 Å². The highest BCUT2D eigenvalue weighted by Gasteiger charge is 2.16. The zero-order chi connectivity index (χ0) is 18.4. The largest absolute Gasteiger partial charge is 0.493 e. The van der Waals surface area contributed by atoms with E-state index in [0.29, 0.717) is 22.4 Å². The summed E-state index contributed by atoms with van der Waals surface area (Å²) in [7, 11) is 4.62. The molecule has 0 spiro atoms. The number of halogens is 1. The van der Waals surface area contributed by atoms with Gasteiger partial charge in [0.25, 0.3) is 5.91 Å². The lowest BCUT2D eigenvalue weighted by Gasteiger charge is -2.16. The van der Waals surface area contributed by atoms with Crippen LogP contribution in [0.25, 0.3) is 0 Å². The van der Waals surface area contributed by atoms with E-state index in [1.807, 2.05) is 6.07 Å². The second-order valence-electron chi connectivity index (χ2n) is 5.10. The Hall–Kier alpha value is -2.25. The molecule has 6 nitrogen and oxygen atoms in total. The molecular formula is C17H18ClNO5S. The Kier molecular flexibility index (Phi) is 6.66. The van der Waals surface area contributed by atoms with Crippen LogP contribution in [0.3, 0.4) is 0 Å². The number of amides is 1. The average molecular weight is 384 g/mol. The summed E-state index contributed by atoms with van der Waals surface area (Å²) in [5.41, 5.74) is 0.276. The first-order chi connectivity index (χ1) is 11.9.